The number of anilines is 3. The predicted molar refractivity (Wildman–Crippen MR) is 119 cm³/mol. The number of aromatic nitrogens is 6. The summed E-state index contributed by atoms with van der Waals surface area (Å²) in [4.78, 5) is 23.9. The molecule has 5 rings (SSSR count). The second-order valence-corrected chi connectivity index (χ2v) is 7.65. The van der Waals surface area contributed by atoms with Gasteiger partial charge in [-0.25, -0.2) is 19.3 Å². The molecule has 33 heavy (non-hydrogen) atoms. The topological polar surface area (TPSA) is 125 Å². The van der Waals surface area contributed by atoms with Gasteiger partial charge in [-0.1, -0.05) is 35.4 Å². The maximum absolute atomic E-state index is 13.8. The summed E-state index contributed by atoms with van der Waals surface area (Å²) in [6.45, 7) is 3.98. The van der Waals surface area contributed by atoms with Crippen LogP contribution in [0.25, 0.3) is 11.3 Å². The lowest BCUT2D eigenvalue weighted by Crippen LogP contribution is -2.46. The summed E-state index contributed by atoms with van der Waals surface area (Å²) in [7, 11) is 0. The van der Waals surface area contributed by atoms with E-state index in [1.807, 2.05) is 44.2 Å². The number of carbonyl (C=O) groups excluding carboxylic acids is 1. The van der Waals surface area contributed by atoms with Crippen molar-refractivity contribution < 1.29 is 9.18 Å². The minimum atomic E-state index is -0.335. The second-order valence-electron chi connectivity index (χ2n) is 7.65. The van der Waals surface area contributed by atoms with Crippen LogP contribution in [-0.4, -0.2) is 36.6 Å². The number of hydrogen-bond acceptors (Lipinski definition) is 7. The van der Waals surface area contributed by atoms with Gasteiger partial charge in [0, 0.05) is 11.1 Å². The zero-order valence-electron chi connectivity index (χ0n) is 17.9. The van der Waals surface area contributed by atoms with Crippen LogP contribution < -0.4 is 15.5 Å². The van der Waals surface area contributed by atoms with Crippen LogP contribution in [0.1, 0.15) is 29.7 Å². The molecule has 3 N–H and O–H groups in total. The zero-order chi connectivity index (χ0) is 22.9. The predicted octanol–water partition coefficient (Wildman–Crippen LogP) is 3.64. The van der Waals surface area contributed by atoms with Crippen LogP contribution in [0.15, 0.2) is 48.5 Å². The van der Waals surface area contributed by atoms with Gasteiger partial charge in [-0.15, -0.1) is 0 Å². The average Bonchev–Trinajstić information content (AvgIpc) is 3.32. The van der Waals surface area contributed by atoms with Crippen LogP contribution in [0.5, 0.6) is 0 Å². The molecule has 3 heterocycles. The minimum absolute atomic E-state index is 0.200. The number of nitrogens with zero attached hydrogens (tertiary/aromatic N) is 6. The molecule has 11 heteroatoms. The van der Waals surface area contributed by atoms with E-state index in [9.17, 15) is 9.18 Å². The first kappa shape index (κ1) is 20.5. The minimum Gasteiger partial charge on any atom is -0.333 e. The summed E-state index contributed by atoms with van der Waals surface area (Å²) in [6.07, 6.45) is 0. The van der Waals surface area contributed by atoms with E-state index in [1.165, 1.54) is 12.1 Å². The van der Waals surface area contributed by atoms with Gasteiger partial charge < -0.3 is 5.32 Å². The lowest BCUT2D eigenvalue weighted by molar-refractivity contribution is 0.242. The van der Waals surface area contributed by atoms with Gasteiger partial charge in [0.15, 0.2) is 0 Å². The summed E-state index contributed by atoms with van der Waals surface area (Å²) in [5, 5.41) is 19.4. The van der Waals surface area contributed by atoms with E-state index in [0.29, 0.717) is 17.1 Å². The van der Waals surface area contributed by atoms with E-state index in [-0.39, 0.29) is 36.3 Å². The Balaban J connectivity index is 1.69. The average molecular weight is 445 g/mol. The van der Waals surface area contributed by atoms with Crippen molar-refractivity contribution >= 4 is 23.7 Å². The van der Waals surface area contributed by atoms with Crippen LogP contribution in [0.4, 0.5) is 26.9 Å². The summed E-state index contributed by atoms with van der Waals surface area (Å²) < 4.78 is 13.8. The Hall–Kier alpha value is -4.41. The van der Waals surface area contributed by atoms with Crippen molar-refractivity contribution in [2.75, 3.05) is 10.2 Å². The van der Waals surface area contributed by atoms with E-state index in [4.69, 9.17) is 0 Å². The van der Waals surface area contributed by atoms with Crippen molar-refractivity contribution in [3.8, 4) is 11.3 Å². The molecule has 0 aliphatic carbocycles. The Morgan fingerprint density at radius 3 is 2.70 bits per heavy atom. The zero-order valence-corrected chi connectivity index (χ0v) is 17.9. The fourth-order valence-corrected chi connectivity index (χ4v) is 3.91. The fraction of sp³-hybridized carbons (Fsp3) is 0.182. The van der Waals surface area contributed by atoms with E-state index >= 15 is 0 Å². The van der Waals surface area contributed by atoms with Gasteiger partial charge in [0.2, 0.25) is 11.9 Å². The molecule has 2 amide bonds. The molecular weight excluding hydrogens is 425 g/mol. The van der Waals surface area contributed by atoms with Crippen molar-refractivity contribution in [2.45, 2.75) is 26.4 Å². The number of halogens is 1. The number of hydrogen-bond donors (Lipinski definition) is 3. The van der Waals surface area contributed by atoms with Crippen molar-refractivity contribution in [3.05, 3.63) is 71.0 Å². The first-order chi connectivity index (χ1) is 16.0. The van der Waals surface area contributed by atoms with Crippen LogP contribution >= 0.6 is 0 Å². The third kappa shape index (κ3) is 3.84. The highest BCUT2D eigenvalue weighted by atomic mass is 19.1. The monoisotopic (exact) mass is 445 g/mol. The number of tetrazole rings is 1. The van der Waals surface area contributed by atoms with E-state index in [2.05, 4.69) is 41.2 Å². The highest BCUT2D eigenvalue weighted by Crippen LogP contribution is 2.37. The fourth-order valence-electron chi connectivity index (χ4n) is 3.91. The molecule has 10 nitrogen and oxygen atoms in total. The van der Waals surface area contributed by atoms with E-state index in [1.54, 1.807) is 11.0 Å². The number of benzene rings is 2. The molecule has 1 atom stereocenters. The van der Waals surface area contributed by atoms with Crippen LogP contribution in [0.3, 0.4) is 0 Å². The van der Waals surface area contributed by atoms with Gasteiger partial charge in [0.05, 0.1) is 18.3 Å². The smallest absolute Gasteiger partial charge is 0.323 e. The maximum Gasteiger partial charge on any atom is 0.323 e. The van der Waals surface area contributed by atoms with Gasteiger partial charge in [0.25, 0.3) is 0 Å². The lowest BCUT2D eigenvalue weighted by atomic mass is 9.99. The third-order valence-corrected chi connectivity index (χ3v) is 5.54. The molecule has 0 fully saturated rings. The molecule has 1 aliphatic rings. The molecule has 166 valence electrons. The standard InChI is InChI=1S/C22H20FN9O/c1-12-10-15(23)8-9-16(12)18-17-11-24-22(33)32(13(2)14-6-4-3-5-7-14)19(17)26-20(25-18)27-21-28-30-31-29-21/h3-10,13H,11H2,1-2H3,(H,24,33)(H2,25,26,27,28,29,30,31)/t13-/m0/s1. The number of rotatable bonds is 5. The van der Waals surface area contributed by atoms with Gasteiger partial charge in [-0.05, 0) is 53.6 Å². The molecule has 0 saturated heterocycles. The van der Waals surface area contributed by atoms with Gasteiger partial charge in [0.1, 0.15) is 11.6 Å². The molecule has 0 bridgehead atoms. The number of nitrogens with one attached hydrogen (secondary N) is 3. The quantitative estimate of drug-likeness (QED) is 0.428. The number of H-pyrrole nitrogens is 1. The molecule has 2 aromatic carbocycles. The number of fused-ring (bicyclic) bond motifs is 1. The maximum atomic E-state index is 13.8. The summed E-state index contributed by atoms with van der Waals surface area (Å²) in [5.74, 6) is 0.572. The lowest BCUT2D eigenvalue weighted by Gasteiger charge is -2.34. The normalized spacial score (nSPS) is 13.9. The molecule has 0 saturated carbocycles. The SMILES string of the molecule is Cc1cc(F)ccc1-c1nc(Nc2nnn[nH]2)nc2c1CNC(=O)N2[C@@H](C)c1ccccc1. The third-order valence-electron chi connectivity index (χ3n) is 5.54. The molecule has 1 aliphatic heterocycles. The molecular formula is C22H20FN9O. The number of urea groups is 1. The van der Waals surface area contributed by atoms with Gasteiger partial charge >= 0.3 is 6.03 Å². The Labute approximate surface area is 188 Å². The number of aromatic amines is 1. The van der Waals surface area contributed by atoms with E-state index < -0.39 is 0 Å². The summed E-state index contributed by atoms with van der Waals surface area (Å²) >= 11 is 0. The van der Waals surface area contributed by atoms with Crippen molar-refractivity contribution in [3.63, 3.8) is 0 Å². The highest BCUT2D eigenvalue weighted by molar-refractivity contribution is 5.96. The summed E-state index contributed by atoms with van der Waals surface area (Å²) in [6, 6.07) is 13.6. The Morgan fingerprint density at radius 2 is 1.97 bits per heavy atom. The number of amides is 2. The van der Waals surface area contributed by atoms with Crippen molar-refractivity contribution in [1.82, 2.24) is 35.9 Å². The van der Waals surface area contributed by atoms with Gasteiger partial charge in [-0.2, -0.15) is 4.98 Å². The second kappa shape index (κ2) is 8.26. The first-order valence-corrected chi connectivity index (χ1v) is 10.3. The van der Waals surface area contributed by atoms with Crippen LogP contribution in [0, 0.1) is 12.7 Å². The molecule has 0 unspecified atom stereocenters. The molecule has 0 spiro atoms. The van der Waals surface area contributed by atoms with Crippen LogP contribution in [-0.2, 0) is 6.54 Å². The molecule has 4 aromatic rings. The Bertz CT molecular complexity index is 1310. The largest absolute Gasteiger partial charge is 0.333 e. The van der Waals surface area contributed by atoms with Crippen molar-refractivity contribution in [1.29, 1.82) is 0 Å². The number of aryl methyl sites for hydroxylation is 1. The number of carbonyl (C=O) groups is 1. The first-order valence-electron chi connectivity index (χ1n) is 10.3. The van der Waals surface area contributed by atoms with E-state index in [0.717, 1.165) is 16.7 Å². The molecule has 2 aromatic heterocycles. The molecule has 0 radical (unpaired) electrons. The summed E-state index contributed by atoms with van der Waals surface area (Å²) in [5.41, 5.74) is 3.71. The van der Waals surface area contributed by atoms with Gasteiger partial charge in [-0.3, -0.25) is 10.2 Å². The Kier molecular flexibility index (Phi) is 5.13. The van der Waals surface area contributed by atoms with Crippen molar-refractivity contribution in [2.24, 2.45) is 0 Å². The highest BCUT2D eigenvalue weighted by Gasteiger charge is 2.33. The van der Waals surface area contributed by atoms with Crippen LogP contribution in [0.2, 0.25) is 0 Å². The Morgan fingerprint density at radius 1 is 1.15 bits per heavy atom.